The van der Waals surface area contributed by atoms with Crippen molar-refractivity contribution in [3.8, 4) is 0 Å². The number of carbonyl (C=O) groups is 3. The Labute approximate surface area is 155 Å². The van der Waals surface area contributed by atoms with Crippen molar-refractivity contribution < 1.29 is 45.0 Å². The molecule has 5 atom stereocenters. The Morgan fingerprint density at radius 1 is 0.920 bits per heavy atom. The van der Waals surface area contributed by atoms with Crippen molar-refractivity contribution in [1.82, 2.24) is 0 Å². The fourth-order valence-corrected chi connectivity index (χ4v) is 1.07. The maximum atomic E-state index is 9.82. The van der Waals surface area contributed by atoms with Crippen LogP contribution in [-0.4, -0.2) is 97.4 Å². The summed E-state index contributed by atoms with van der Waals surface area (Å²) in [6, 6.07) is -1.63. The Kier molecular flexibility index (Phi) is 20.6. The van der Waals surface area contributed by atoms with Crippen molar-refractivity contribution in [3.05, 3.63) is 0 Å². The molecule has 5 unspecified atom stereocenters. The van der Waals surface area contributed by atoms with Gasteiger partial charge in [0.1, 0.15) is 30.6 Å². The van der Waals surface area contributed by atoms with Crippen LogP contribution in [0.2, 0.25) is 0 Å². The molecular weight excluding hydrogens is 380 g/mol. The van der Waals surface area contributed by atoms with E-state index in [4.69, 9.17) is 42.1 Å². The minimum atomic E-state index is -1.47. The molecule has 0 aromatic rings. The van der Waals surface area contributed by atoms with Crippen molar-refractivity contribution in [2.45, 2.75) is 36.8 Å². The van der Waals surface area contributed by atoms with E-state index in [2.05, 4.69) is 25.3 Å². The molecule has 150 valence electrons. The van der Waals surface area contributed by atoms with Crippen LogP contribution in [0.5, 0.6) is 0 Å². The van der Waals surface area contributed by atoms with Gasteiger partial charge in [-0.3, -0.25) is 9.59 Å². The Bertz CT molecular complexity index is 356. The van der Waals surface area contributed by atoms with Gasteiger partial charge < -0.3 is 46.9 Å². The molecule has 0 amide bonds. The Morgan fingerprint density at radius 3 is 1.44 bits per heavy atom. The van der Waals surface area contributed by atoms with Crippen molar-refractivity contribution in [2.24, 2.45) is 11.5 Å². The van der Waals surface area contributed by atoms with Gasteiger partial charge in [0, 0.05) is 17.9 Å². The Balaban J connectivity index is -0.000000304. The molecular formula is C12H26N2O9S2. The van der Waals surface area contributed by atoms with Gasteiger partial charge in [0.25, 0.3) is 0 Å². The van der Waals surface area contributed by atoms with Crippen LogP contribution < -0.4 is 11.5 Å². The summed E-state index contributed by atoms with van der Waals surface area (Å²) < 4.78 is 0. The zero-order valence-corrected chi connectivity index (χ0v) is 15.0. The molecule has 0 saturated heterocycles. The molecule has 13 heteroatoms. The number of hydrogen-bond donors (Lipinski definition) is 10. The molecule has 0 radical (unpaired) electrons. The van der Waals surface area contributed by atoms with E-state index in [1.54, 1.807) is 0 Å². The third-order valence-corrected chi connectivity index (χ3v) is 3.13. The third-order valence-electron chi connectivity index (χ3n) is 2.34. The molecule has 0 aromatic carbocycles. The second-order valence-electron chi connectivity index (χ2n) is 4.46. The fraction of sp³-hybridized carbons (Fsp3) is 0.750. The summed E-state index contributed by atoms with van der Waals surface area (Å²) in [6.45, 7) is -0.642. The highest BCUT2D eigenvalue weighted by Gasteiger charge is 2.23. The number of rotatable bonds is 9. The lowest BCUT2D eigenvalue weighted by molar-refractivity contribution is -0.138. The van der Waals surface area contributed by atoms with Crippen LogP contribution in [0.3, 0.4) is 0 Å². The first kappa shape index (κ1) is 28.9. The molecule has 25 heavy (non-hydrogen) atoms. The summed E-state index contributed by atoms with van der Waals surface area (Å²) in [5, 5.41) is 50.8. The summed E-state index contributed by atoms with van der Waals surface area (Å²) in [5.74, 6) is -1.63. The molecule has 11 nitrogen and oxygen atoms in total. The first-order chi connectivity index (χ1) is 11.5. The predicted octanol–water partition coefficient (Wildman–Crippen LogP) is -3.69. The predicted molar refractivity (Wildman–Crippen MR) is 94.7 cm³/mol. The van der Waals surface area contributed by atoms with E-state index in [0.29, 0.717) is 6.29 Å². The molecule has 0 spiro atoms. The number of thiol groups is 2. The highest BCUT2D eigenvalue weighted by Crippen LogP contribution is 2.01. The average molecular weight is 406 g/mol. The van der Waals surface area contributed by atoms with Crippen molar-refractivity contribution in [2.75, 3.05) is 18.1 Å². The quantitative estimate of drug-likeness (QED) is 0.132. The van der Waals surface area contributed by atoms with Crippen molar-refractivity contribution in [3.63, 3.8) is 0 Å². The number of aliphatic carboxylic acids is 2. The number of hydrogen-bond acceptors (Lipinski definition) is 11. The average Bonchev–Trinajstić information content (AvgIpc) is 2.59. The lowest BCUT2D eigenvalue weighted by atomic mass is 10.1. The molecule has 0 aromatic heterocycles. The highest BCUT2D eigenvalue weighted by molar-refractivity contribution is 7.80. The van der Waals surface area contributed by atoms with Crippen molar-refractivity contribution in [1.29, 1.82) is 0 Å². The maximum absolute atomic E-state index is 9.82. The van der Waals surface area contributed by atoms with E-state index in [-0.39, 0.29) is 17.9 Å². The highest BCUT2D eigenvalue weighted by atomic mass is 32.1. The topological polar surface area (TPSA) is 225 Å². The Morgan fingerprint density at radius 2 is 1.28 bits per heavy atom. The maximum Gasteiger partial charge on any atom is 0.321 e. The zero-order chi connectivity index (χ0) is 20.6. The summed E-state index contributed by atoms with van der Waals surface area (Å²) in [5.41, 5.74) is 9.88. The van der Waals surface area contributed by atoms with Gasteiger partial charge in [-0.25, -0.2) is 0 Å². The van der Waals surface area contributed by atoms with Crippen LogP contribution in [-0.2, 0) is 14.4 Å². The third kappa shape index (κ3) is 17.7. The number of aliphatic hydroxyl groups is 4. The second kappa shape index (κ2) is 17.9. The number of aliphatic hydroxyl groups excluding tert-OH is 4. The van der Waals surface area contributed by atoms with E-state index in [9.17, 15) is 14.4 Å². The van der Waals surface area contributed by atoms with Gasteiger partial charge in [-0.1, -0.05) is 0 Å². The van der Waals surface area contributed by atoms with Crippen LogP contribution in [0.1, 0.15) is 6.42 Å². The summed E-state index contributed by atoms with van der Waals surface area (Å²) in [6.07, 6.45) is -4.00. The van der Waals surface area contributed by atoms with E-state index in [1.165, 1.54) is 0 Å². The van der Waals surface area contributed by atoms with Crippen molar-refractivity contribution >= 4 is 43.5 Å². The standard InChI is InChI=1S/C6H12O5.2C3H7NO2S/c7-2-1-4(9)6(11)5(10)3-8;2*4-2(1-7)3(5)6/h2,4-6,8-11H,1,3H2;2*2,7H,1,4H2,(H,5,6). The first-order valence-corrected chi connectivity index (χ1v) is 8.03. The molecule has 0 rings (SSSR count). The van der Waals surface area contributed by atoms with Gasteiger partial charge in [-0.15, -0.1) is 0 Å². The normalized spacial score (nSPS) is 15.8. The molecule has 0 heterocycles. The number of carboxylic acids is 2. The zero-order valence-electron chi connectivity index (χ0n) is 13.2. The van der Waals surface area contributed by atoms with Crippen LogP contribution >= 0.6 is 25.3 Å². The van der Waals surface area contributed by atoms with Gasteiger partial charge in [0.15, 0.2) is 0 Å². The van der Waals surface area contributed by atoms with E-state index in [1.807, 2.05) is 0 Å². The van der Waals surface area contributed by atoms with Gasteiger partial charge in [-0.2, -0.15) is 25.3 Å². The second-order valence-corrected chi connectivity index (χ2v) is 5.20. The minimum Gasteiger partial charge on any atom is -0.480 e. The summed E-state index contributed by atoms with van der Waals surface area (Å²) >= 11 is 7.30. The SMILES string of the molecule is NC(CS)C(=O)O.NC(CS)C(=O)O.O=CCC(O)C(O)C(O)CO. The van der Waals surface area contributed by atoms with E-state index >= 15 is 0 Å². The van der Waals surface area contributed by atoms with Crippen LogP contribution in [0.4, 0.5) is 0 Å². The summed E-state index contributed by atoms with van der Waals surface area (Å²) in [7, 11) is 0. The first-order valence-electron chi connectivity index (χ1n) is 6.77. The molecule has 0 aliphatic heterocycles. The lowest BCUT2D eigenvalue weighted by Gasteiger charge is -2.19. The van der Waals surface area contributed by atoms with Gasteiger partial charge in [0.05, 0.1) is 12.7 Å². The van der Waals surface area contributed by atoms with Gasteiger partial charge in [0.2, 0.25) is 0 Å². The van der Waals surface area contributed by atoms with E-state index < -0.39 is 48.9 Å². The minimum absolute atomic E-state index is 0.190. The number of carboxylic acid groups (broad SMARTS) is 2. The lowest BCUT2D eigenvalue weighted by Crippen LogP contribution is -2.39. The molecule has 0 aliphatic carbocycles. The Hall–Kier alpha value is -0.930. The van der Waals surface area contributed by atoms with Crippen LogP contribution in [0.25, 0.3) is 0 Å². The number of carbonyl (C=O) groups excluding carboxylic acids is 1. The number of nitrogens with two attached hydrogens (primary N) is 2. The molecule has 0 saturated carbocycles. The fourth-order valence-electron chi connectivity index (χ4n) is 0.759. The monoisotopic (exact) mass is 406 g/mol. The number of aldehydes is 1. The smallest absolute Gasteiger partial charge is 0.321 e. The molecule has 0 fully saturated rings. The van der Waals surface area contributed by atoms with Crippen LogP contribution in [0, 0.1) is 0 Å². The molecule has 0 aliphatic rings. The summed E-state index contributed by atoms with van der Waals surface area (Å²) in [4.78, 5) is 29.3. The largest absolute Gasteiger partial charge is 0.480 e. The molecule has 10 N–H and O–H groups in total. The molecule has 0 bridgehead atoms. The van der Waals surface area contributed by atoms with Gasteiger partial charge in [-0.05, 0) is 0 Å². The van der Waals surface area contributed by atoms with Crippen LogP contribution in [0.15, 0.2) is 0 Å². The van der Waals surface area contributed by atoms with Gasteiger partial charge >= 0.3 is 11.9 Å². The van der Waals surface area contributed by atoms with E-state index in [0.717, 1.165) is 0 Å².